The lowest BCUT2D eigenvalue weighted by Crippen LogP contribution is -2.27. The van der Waals surface area contributed by atoms with Gasteiger partial charge in [0, 0.05) is 12.7 Å². The molecule has 0 bridgehead atoms. The fraction of sp³-hybridized carbons (Fsp3) is 0.680. The molecule has 170 valence electrons. The molecule has 0 aromatic heterocycles. The summed E-state index contributed by atoms with van der Waals surface area (Å²) in [5.41, 5.74) is 1.99. The van der Waals surface area contributed by atoms with E-state index in [1.54, 1.807) is 7.11 Å². The number of fused-ring (bicyclic) bond motifs is 1. The molecule has 0 radical (unpaired) electrons. The summed E-state index contributed by atoms with van der Waals surface area (Å²) in [5, 5.41) is 22.0. The largest absolute Gasteiger partial charge is 0.504 e. The van der Waals surface area contributed by atoms with Gasteiger partial charge in [-0.05, 0) is 70.3 Å². The van der Waals surface area contributed by atoms with Gasteiger partial charge in [-0.15, -0.1) is 0 Å². The molecule has 0 saturated heterocycles. The van der Waals surface area contributed by atoms with Crippen LogP contribution in [0.15, 0.2) is 46.8 Å². The van der Waals surface area contributed by atoms with E-state index in [0.29, 0.717) is 11.8 Å². The number of rotatable bonds is 9. The predicted molar refractivity (Wildman–Crippen MR) is 120 cm³/mol. The lowest BCUT2D eigenvalue weighted by molar-refractivity contribution is 0.0695. The zero-order chi connectivity index (χ0) is 22.8. The zero-order valence-corrected chi connectivity index (χ0v) is 19.9. The smallest absolute Gasteiger partial charge is 0.207 e. The molecule has 5 nitrogen and oxygen atoms in total. The molecule has 2 aliphatic rings. The quantitative estimate of drug-likeness (QED) is 0.336. The SMILES string of the molecule is C=C/C(O)=C(OC(C)C)\C(OC(C)C)=C(\O)C1=C2CC[C@@H](C(C)C)[C@]2(C)C[C@H]1OC. The number of aliphatic hydroxyl groups excluding tert-OH is 2. The van der Waals surface area contributed by atoms with Crippen LogP contribution in [0, 0.1) is 17.3 Å². The Morgan fingerprint density at radius 2 is 1.63 bits per heavy atom. The Morgan fingerprint density at radius 3 is 2.10 bits per heavy atom. The topological polar surface area (TPSA) is 68.2 Å². The van der Waals surface area contributed by atoms with Crippen molar-refractivity contribution in [2.75, 3.05) is 7.11 Å². The van der Waals surface area contributed by atoms with Gasteiger partial charge in [0.15, 0.2) is 11.5 Å². The molecule has 30 heavy (non-hydrogen) atoms. The van der Waals surface area contributed by atoms with Gasteiger partial charge in [0.05, 0.1) is 18.3 Å². The molecule has 0 aliphatic heterocycles. The van der Waals surface area contributed by atoms with Crippen molar-refractivity contribution in [3.63, 3.8) is 0 Å². The lowest BCUT2D eigenvalue weighted by Gasteiger charge is -2.33. The van der Waals surface area contributed by atoms with E-state index in [0.717, 1.165) is 24.8 Å². The first kappa shape index (κ1) is 24.4. The number of hydrogen-bond donors (Lipinski definition) is 2. The van der Waals surface area contributed by atoms with Crippen LogP contribution in [-0.4, -0.2) is 35.6 Å². The van der Waals surface area contributed by atoms with Crippen LogP contribution in [0.4, 0.5) is 0 Å². The maximum Gasteiger partial charge on any atom is 0.207 e. The van der Waals surface area contributed by atoms with Gasteiger partial charge in [-0.2, -0.15) is 0 Å². The van der Waals surface area contributed by atoms with Gasteiger partial charge < -0.3 is 24.4 Å². The minimum atomic E-state index is -0.233. The van der Waals surface area contributed by atoms with Crippen LogP contribution in [0.25, 0.3) is 0 Å². The Kier molecular flexibility index (Phi) is 7.73. The average molecular weight is 421 g/mol. The molecule has 0 unspecified atom stereocenters. The molecule has 5 heteroatoms. The van der Waals surface area contributed by atoms with Crippen molar-refractivity contribution in [1.82, 2.24) is 0 Å². The highest BCUT2D eigenvalue weighted by Gasteiger charge is 2.53. The van der Waals surface area contributed by atoms with Gasteiger partial charge in [0.1, 0.15) is 0 Å². The first-order valence-corrected chi connectivity index (χ1v) is 11.1. The van der Waals surface area contributed by atoms with Crippen LogP contribution in [-0.2, 0) is 14.2 Å². The molecule has 1 fully saturated rings. The summed E-state index contributed by atoms with van der Waals surface area (Å²) < 4.78 is 17.7. The molecule has 2 N–H and O–H groups in total. The van der Waals surface area contributed by atoms with Gasteiger partial charge in [-0.1, -0.05) is 32.9 Å². The summed E-state index contributed by atoms with van der Waals surface area (Å²) >= 11 is 0. The highest BCUT2D eigenvalue weighted by Crippen LogP contribution is 2.60. The summed E-state index contributed by atoms with van der Waals surface area (Å²) in [6, 6.07) is 0. The number of hydrogen-bond acceptors (Lipinski definition) is 5. The number of allylic oxidation sites excluding steroid dienone is 2. The molecule has 0 heterocycles. The van der Waals surface area contributed by atoms with Crippen LogP contribution in [0.3, 0.4) is 0 Å². The molecule has 0 amide bonds. The van der Waals surface area contributed by atoms with Crippen molar-refractivity contribution in [2.45, 2.75) is 86.0 Å². The number of methoxy groups -OCH3 is 1. The summed E-state index contributed by atoms with van der Waals surface area (Å²) in [6.45, 7) is 17.9. The fourth-order valence-corrected chi connectivity index (χ4v) is 5.23. The second-order valence-electron chi connectivity index (χ2n) is 9.56. The van der Waals surface area contributed by atoms with E-state index in [4.69, 9.17) is 14.2 Å². The molecule has 2 aliphatic carbocycles. The van der Waals surface area contributed by atoms with E-state index in [1.807, 2.05) is 27.7 Å². The minimum Gasteiger partial charge on any atom is -0.504 e. The summed E-state index contributed by atoms with van der Waals surface area (Å²) in [7, 11) is 1.68. The van der Waals surface area contributed by atoms with Crippen LogP contribution in [0.2, 0.25) is 0 Å². The van der Waals surface area contributed by atoms with E-state index >= 15 is 0 Å². The van der Waals surface area contributed by atoms with Crippen molar-refractivity contribution >= 4 is 0 Å². The standard InChI is InChI=1S/C25H40O5/c1-10-19(26)23(29-15(4)5)24(30-16(6)7)22(27)21-18-12-11-17(14(2)3)25(18,8)13-20(21)28-9/h10,14-17,20,26-27H,1,11-13H2,2-9H3/b23-19-,24-22-/t17-,20+,25-/m0/s1. The Labute approximate surface area is 182 Å². The highest BCUT2D eigenvalue weighted by atomic mass is 16.5. The summed E-state index contributed by atoms with van der Waals surface area (Å²) in [5.74, 6) is 1.14. The third-order valence-electron chi connectivity index (χ3n) is 6.37. The molecule has 2 rings (SSSR count). The zero-order valence-electron chi connectivity index (χ0n) is 19.9. The van der Waals surface area contributed by atoms with Crippen molar-refractivity contribution in [3.05, 3.63) is 46.8 Å². The summed E-state index contributed by atoms with van der Waals surface area (Å²) in [6.07, 6.45) is 3.46. The van der Waals surface area contributed by atoms with Crippen LogP contribution in [0.5, 0.6) is 0 Å². The van der Waals surface area contributed by atoms with Crippen LogP contribution < -0.4 is 0 Å². The first-order chi connectivity index (χ1) is 14.0. The fourth-order valence-electron chi connectivity index (χ4n) is 5.23. The van der Waals surface area contributed by atoms with Crippen molar-refractivity contribution in [1.29, 1.82) is 0 Å². The van der Waals surface area contributed by atoms with Gasteiger partial charge >= 0.3 is 0 Å². The Morgan fingerprint density at radius 1 is 1.07 bits per heavy atom. The van der Waals surface area contributed by atoms with Gasteiger partial charge in [-0.3, -0.25) is 0 Å². The van der Waals surface area contributed by atoms with E-state index in [1.165, 1.54) is 11.6 Å². The molecule has 3 atom stereocenters. The molecule has 1 saturated carbocycles. The Hall–Kier alpha value is -1.88. The van der Waals surface area contributed by atoms with E-state index in [2.05, 4.69) is 27.4 Å². The van der Waals surface area contributed by atoms with Crippen LogP contribution >= 0.6 is 0 Å². The van der Waals surface area contributed by atoms with Crippen LogP contribution in [0.1, 0.15) is 67.7 Å². The molecule has 0 spiro atoms. The van der Waals surface area contributed by atoms with Gasteiger partial charge in [0.25, 0.3) is 0 Å². The molecular weight excluding hydrogens is 380 g/mol. The third-order valence-corrected chi connectivity index (χ3v) is 6.37. The van der Waals surface area contributed by atoms with E-state index in [9.17, 15) is 10.2 Å². The summed E-state index contributed by atoms with van der Waals surface area (Å²) in [4.78, 5) is 0. The Balaban J connectivity index is 2.73. The minimum absolute atomic E-state index is 0.0114. The molecular formula is C25H40O5. The lowest BCUT2D eigenvalue weighted by atomic mass is 9.72. The highest BCUT2D eigenvalue weighted by molar-refractivity contribution is 5.48. The van der Waals surface area contributed by atoms with E-state index in [-0.39, 0.29) is 46.8 Å². The maximum atomic E-state index is 11.5. The van der Waals surface area contributed by atoms with Crippen molar-refractivity contribution in [2.24, 2.45) is 17.3 Å². The van der Waals surface area contributed by atoms with Gasteiger partial charge in [0.2, 0.25) is 11.5 Å². The first-order valence-electron chi connectivity index (χ1n) is 11.1. The third kappa shape index (κ3) is 4.56. The Bertz CT molecular complexity index is 741. The number of aliphatic hydroxyl groups is 2. The second-order valence-corrected chi connectivity index (χ2v) is 9.56. The molecule has 0 aromatic carbocycles. The maximum absolute atomic E-state index is 11.5. The number of ether oxygens (including phenoxy) is 3. The second kappa shape index (κ2) is 9.51. The van der Waals surface area contributed by atoms with Gasteiger partial charge in [-0.25, -0.2) is 0 Å². The normalized spacial score (nSPS) is 28.1. The van der Waals surface area contributed by atoms with Crippen molar-refractivity contribution < 1.29 is 24.4 Å². The average Bonchev–Trinajstić information content (AvgIpc) is 3.13. The van der Waals surface area contributed by atoms with Crippen molar-refractivity contribution in [3.8, 4) is 0 Å². The molecule has 0 aromatic rings. The predicted octanol–water partition coefficient (Wildman–Crippen LogP) is 6.35. The van der Waals surface area contributed by atoms with E-state index < -0.39 is 0 Å². The monoisotopic (exact) mass is 420 g/mol.